The lowest BCUT2D eigenvalue weighted by Crippen LogP contribution is -2.20. The van der Waals surface area contributed by atoms with Crippen LogP contribution in [-0.4, -0.2) is 15.9 Å². The third-order valence-corrected chi connectivity index (χ3v) is 3.58. The van der Waals surface area contributed by atoms with Gasteiger partial charge in [-0.05, 0) is 23.3 Å². The van der Waals surface area contributed by atoms with E-state index < -0.39 is 5.91 Å². The fraction of sp³-hybridized carbons (Fsp3) is 0.154. The van der Waals surface area contributed by atoms with Gasteiger partial charge in [0.15, 0.2) is 0 Å². The van der Waals surface area contributed by atoms with Crippen molar-refractivity contribution in [3.63, 3.8) is 0 Å². The van der Waals surface area contributed by atoms with Crippen LogP contribution in [-0.2, 0) is 13.1 Å². The molecule has 0 fully saturated rings. The Hall–Kier alpha value is -1.95. The highest BCUT2D eigenvalue weighted by Gasteiger charge is 2.21. The third kappa shape index (κ3) is 2.31. The molecule has 0 spiro atoms. The summed E-state index contributed by atoms with van der Waals surface area (Å²) in [6.45, 7) is 1.52. The van der Waals surface area contributed by atoms with Gasteiger partial charge in [-0.1, -0.05) is 22.0 Å². The quantitative estimate of drug-likeness (QED) is 0.917. The number of hydrogen-bond acceptors (Lipinski definition) is 4. The Bertz CT molecular complexity index is 659. The first kappa shape index (κ1) is 12.1. The second kappa shape index (κ2) is 4.62. The topological polar surface area (TPSA) is 72.1 Å². The molecule has 0 aliphatic carbocycles. The zero-order valence-electron chi connectivity index (χ0n) is 10.0. The van der Waals surface area contributed by atoms with Crippen LogP contribution in [0.15, 0.2) is 35.1 Å². The highest BCUT2D eigenvalue weighted by Crippen LogP contribution is 2.28. The number of hydrogen-bond donors (Lipinski definition) is 1. The third-order valence-electron chi connectivity index (χ3n) is 3.09. The Kier molecular flexibility index (Phi) is 2.94. The van der Waals surface area contributed by atoms with Crippen LogP contribution in [0, 0.1) is 0 Å². The lowest BCUT2D eigenvalue weighted by atomic mass is 10.1. The molecule has 1 aliphatic heterocycles. The molecule has 0 saturated heterocycles. The van der Waals surface area contributed by atoms with Crippen LogP contribution < -0.4 is 10.6 Å². The van der Waals surface area contributed by atoms with Crippen LogP contribution in [0.5, 0.6) is 0 Å². The second-order valence-electron chi connectivity index (χ2n) is 4.40. The minimum absolute atomic E-state index is 0.189. The van der Waals surface area contributed by atoms with Crippen molar-refractivity contribution in [1.29, 1.82) is 0 Å². The summed E-state index contributed by atoms with van der Waals surface area (Å²) in [6, 6.07) is 6.21. The summed E-state index contributed by atoms with van der Waals surface area (Å²) in [6.07, 6.45) is 3.03. The van der Waals surface area contributed by atoms with Gasteiger partial charge in [0.25, 0.3) is 5.91 Å². The molecule has 1 aromatic heterocycles. The molecule has 1 aromatic carbocycles. The molecule has 19 heavy (non-hydrogen) atoms. The van der Waals surface area contributed by atoms with E-state index in [0.29, 0.717) is 5.82 Å². The van der Waals surface area contributed by atoms with Crippen molar-refractivity contribution < 1.29 is 4.79 Å². The number of benzene rings is 1. The number of carbonyl (C=O) groups excluding carboxylic acids is 1. The van der Waals surface area contributed by atoms with Gasteiger partial charge in [-0.2, -0.15) is 0 Å². The molecule has 2 N–H and O–H groups in total. The van der Waals surface area contributed by atoms with Gasteiger partial charge >= 0.3 is 0 Å². The Labute approximate surface area is 118 Å². The molecule has 6 heteroatoms. The summed E-state index contributed by atoms with van der Waals surface area (Å²) in [5.41, 5.74) is 7.92. The Morgan fingerprint density at radius 1 is 1.26 bits per heavy atom. The van der Waals surface area contributed by atoms with E-state index in [9.17, 15) is 4.79 Å². The number of nitrogens with two attached hydrogens (primary N) is 1. The summed E-state index contributed by atoms with van der Waals surface area (Å²) < 4.78 is 1.06. The number of nitrogens with zero attached hydrogens (tertiary/aromatic N) is 3. The number of carbonyl (C=O) groups is 1. The molecule has 0 unspecified atom stereocenters. The van der Waals surface area contributed by atoms with E-state index in [4.69, 9.17) is 5.73 Å². The van der Waals surface area contributed by atoms with E-state index in [0.717, 1.165) is 17.6 Å². The van der Waals surface area contributed by atoms with Gasteiger partial charge in [0.1, 0.15) is 11.5 Å². The van der Waals surface area contributed by atoms with Gasteiger partial charge in [-0.3, -0.25) is 9.78 Å². The minimum Gasteiger partial charge on any atom is -0.364 e. The molecule has 96 valence electrons. The monoisotopic (exact) mass is 318 g/mol. The first-order valence-electron chi connectivity index (χ1n) is 5.77. The highest BCUT2D eigenvalue weighted by atomic mass is 79.9. The number of primary amides is 1. The fourth-order valence-corrected chi connectivity index (χ4v) is 2.56. The van der Waals surface area contributed by atoms with E-state index in [2.05, 4.69) is 42.9 Å². The van der Waals surface area contributed by atoms with Crippen molar-refractivity contribution in [1.82, 2.24) is 9.97 Å². The van der Waals surface area contributed by atoms with Gasteiger partial charge in [0.05, 0.1) is 12.4 Å². The van der Waals surface area contributed by atoms with Crippen molar-refractivity contribution >= 4 is 27.7 Å². The molecule has 2 heterocycles. The van der Waals surface area contributed by atoms with E-state index in [1.165, 1.54) is 17.3 Å². The Morgan fingerprint density at radius 3 is 2.84 bits per heavy atom. The molecule has 2 aromatic rings. The molecule has 0 bridgehead atoms. The summed E-state index contributed by atoms with van der Waals surface area (Å²) in [5.74, 6) is 0.109. The standard InChI is InChI=1S/C13H11BrN4O/c14-10-2-1-8-6-18(7-9(8)3-10)12-5-16-4-11(17-12)13(15)19/h1-5H,6-7H2,(H2,15,19). The van der Waals surface area contributed by atoms with Gasteiger partial charge in [0, 0.05) is 17.6 Å². The van der Waals surface area contributed by atoms with Gasteiger partial charge < -0.3 is 10.6 Å². The van der Waals surface area contributed by atoms with Crippen molar-refractivity contribution in [2.24, 2.45) is 5.73 Å². The van der Waals surface area contributed by atoms with Crippen LogP contribution in [0.25, 0.3) is 0 Å². The molecule has 3 rings (SSSR count). The van der Waals surface area contributed by atoms with Gasteiger partial charge in [-0.25, -0.2) is 4.98 Å². The molecular weight excluding hydrogens is 308 g/mol. The van der Waals surface area contributed by atoms with E-state index in [1.807, 2.05) is 6.07 Å². The highest BCUT2D eigenvalue weighted by molar-refractivity contribution is 9.10. The summed E-state index contributed by atoms with van der Waals surface area (Å²) in [7, 11) is 0. The number of amides is 1. The Balaban J connectivity index is 1.90. The largest absolute Gasteiger partial charge is 0.364 e. The molecule has 0 radical (unpaired) electrons. The van der Waals surface area contributed by atoms with Gasteiger partial charge in [0.2, 0.25) is 0 Å². The zero-order chi connectivity index (χ0) is 13.4. The maximum atomic E-state index is 11.1. The first-order valence-corrected chi connectivity index (χ1v) is 6.57. The number of rotatable bonds is 2. The molecule has 1 amide bonds. The lowest BCUT2D eigenvalue weighted by Gasteiger charge is -2.15. The van der Waals surface area contributed by atoms with Crippen molar-refractivity contribution in [2.75, 3.05) is 4.90 Å². The first-order chi connectivity index (χ1) is 9.13. The van der Waals surface area contributed by atoms with Gasteiger partial charge in [-0.15, -0.1) is 0 Å². The average molecular weight is 319 g/mol. The van der Waals surface area contributed by atoms with Crippen LogP contribution in [0.3, 0.4) is 0 Å². The summed E-state index contributed by atoms with van der Waals surface area (Å²) in [5, 5.41) is 0. The minimum atomic E-state index is -0.561. The van der Waals surface area contributed by atoms with Crippen molar-refractivity contribution in [3.05, 3.63) is 51.9 Å². The van der Waals surface area contributed by atoms with Crippen LogP contribution in [0.4, 0.5) is 5.82 Å². The fourth-order valence-electron chi connectivity index (χ4n) is 2.15. The maximum absolute atomic E-state index is 11.1. The van der Waals surface area contributed by atoms with Crippen LogP contribution in [0.1, 0.15) is 21.6 Å². The van der Waals surface area contributed by atoms with Crippen LogP contribution >= 0.6 is 15.9 Å². The summed E-state index contributed by atoms with van der Waals surface area (Å²) in [4.78, 5) is 21.4. The molecule has 0 saturated carbocycles. The predicted octanol–water partition coefficient (Wildman–Crippen LogP) is 1.86. The van der Waals surface area contributed by atoms with Crippen LogP contribution in [0.2, 0.25) is 0 Å². The van der Waals surface area contributed by atoms with E-state index in [1.54, 1.807) is 6.20 Å². The summed E-state index contributed by atoms with van der Waals surface area (Å²) >= 11 is 3.46. The average Bonchev–Trinajstić information content (AvgIpc) is 2.81. The normalized spacial score (nSPS) is 13.4. The van der Waals surface area contributed by atoms with Crippen molar-refractivity contribution in [3.8, 4) is 0 Å². The van der Waals surface area contributed by atoms with Crippen molar-refractivity contribution in [2.45, 2.75) is 13.1 Å². The van der Waals surface area contributed by atoms with E-state index in [-0.39, 0.29) is 5.69 Å². The number of anilines is 1. The predicted molar refractivity (Wildman–Crippen MR) is 74.6 cm³/mol. The Morgan fingerprint density at radius 2 is 2.05 bits per heavy atom. The second-order valence-corrected chi connectivity index (χ2v) is 5.31. The maximum Gasteiger partial charge on any atom is 0.268 e. The molecule has 0 atom stereocenters. The lowest BCUT2D eigenvalue weighted by molar-refractivity contribution is 0.0995. The molecule has 5 nitrogen and oxygen atoms in total. The SMILES string of the molecule is NC(=O)c1cncc(N2Cc3ccc(Br)cc3C2)n1. The molecule has 1 aliphatic rings. The molecular formula is C13H11BrN4O. The smallest absolute Gasteiger partial charge is 0.268 e. The number of aromatic nitrogens is 2. The number of fused-ring (bicyclic) bond motifs is 1. The van der Waals surface area contributed by atoms with E-state index >= 15 is 0 Å². The number of halogens is 1. The zero-order valence-corrected chi connectivity index (χ0v) is 11.6.